The van der Waals surface area contributed by atoms with Gasteiger partial charge in [-0.2, -0.15) is 5.10 Å². The maximum absolute atomic E-state index is 11.0. The number of carbonyl (C=O) groups excluding carboxylic acids is 1. The first-order chi connectivity index (χ1) is 6.33. The molecular formula is C8H13N3O2. The van der Waals surface area contributed by atoms with Crippen LogP contribution in [0.25, 0.3) is 0 Å². The summed E-state index contributed by atoms with van der Waals surface area (Å²) in [7, 11) is 0. The molecule has 0 saturated carbocycles. The van der Waals surface area contributed by atoms with Crippen molar-refractivity contribution in [3.05, 3.63) is 18.0 Å². The molecule has 0 spiro atoms. The van der Waals surface area contributed by atoms with Crippen LogP contribution in [-0.2, 0) is 16.1 Å². The molecule has 5 heteroatoms. The fraction of sp³-hybridized carbons (Fsp3) is 0.500. The van der Waals surface area contributed by atoms with E-state index in [1.165, 1.54) is 0 Å². The number of ether oxygens (including phenoxy) is 1. The zero-order valence-electron chi connectivity index (χ0n) is 7.54. The van der Waals surface area contributed by atoms with E-state index in [2.05, 4.69) is 15.5 Å². The quantitative estimate of drug-likeness (QED) is 0.678. The maximum atomic E-state index is 11.0. The van der Waals surface area contributed by atoms with Crippen molar-refractivity contribution in [2.45, 2.75) is 13.5 Å². The first kappa shape index (κ1) is 9.73. The Kier molecular flexibility index (Phi) is 3.98. The van der Waals surface area contributed by atoms with Crippen LogP contribution in [0, 0.1) is 0 Å². The lowest BCUT2D eigenvalue weighted by Crippen LogP contribution is -2.26. The van der Waals surface area contributed by atoms with Crippen LogP contribution in [0.4, 0.5) is 0 Å². The lowest BCUT2D eigenvalue weighted by Gasteiger charge is -2.02. The first-order valence-electron chi connectivity index (χ1n) is 4.15. The Morgan fingerprint density at radius 3 is 3.23 bits per heavy atom. The first-order valence-corrected chi connectivity index (χ1v) is 4.15. The number of hydrogen-bond acceptors (Lipinski definition) is 3. The second-order valence-electron chi connectivity index (χ2n) is 2.52. The fourth-order valence-electron chi connectivity index (χ4n) is 0.821. The molecule has 1 aromatic rings. The largest absolute Gasteiger partial charge is 0.372 e. The molecule has 1 aromatic heterocycles. The molecule has 0 bridgehead atoms. The third-order valence-corrected chi connectivity index (χ3v) is 1.48. The highest BCUT2D eigenvalue weighted by atomic mass is 16.5. The Morgan fingerprint density at radius 1 is 1.77 bits per heavy atom. The number of aromatic nitrogens is 2. The average Bonchev–Trinajstić information content (AvgIpc) is 2.64. The van der Waals surface area contributed by atoms with Crippen molar-refractivity contribution in [3.8, 4) is 0 Å². The van der Waals surface area contributed by atoms with Gasteiger partial charge >= 0.3 is 0 Å². The Hall–Kier alpha value is -1.36. The maximum Gasteiger partial charge on any atom is 0.246 e. The highest BCUT2D eigenvalue weighted by Gasteiger charge is 2.00. The number of carbonyl (C=O) groups is 1. The van der Waals surface area contributed by atoms with Gasteiger partial charge in [0.25, 0.3) is 0 Å². The van der Waals surface area contributed by atoms with Gasteiger partial charge < -0.3 is 10.1 Å². The van der Waals surface area contributed by atoms with Gasteiger partial charge in [-0.25, -0.2) is 0 Å². The Bertz CT molecular complexity index is 246. The molecule has 0 saturated heterocycles. The van der Waals surface area contributed by atoms with Gasteiger partial charge in [-0.15, -0.1) is 0 Å². The van der Waals surface area contributed by atoms with Gasteiger partial charge in [-0.1, -0.05) is 0 Å². The third kappa shape index (κ3) is 3.71. The van der Waals surface area contributed by atoms with Gasteiger partial charge in [-0.3, -0.25) is 9.89 Å². The van der Waals surface area contributed by atoms with Crippen LogP contribution in [0.15, 0.2) is 12.4 Å². The van der Waals surface area contributed by atoms with Gasteiger partial charge in [-0.05, 0) is 6.92 Å². The lowest BCUT2D eigenvalue weighted by molar-refractivity contribution is -0.125. The van der Waals surface area contributed by atoms with E-state index in [0.29, 0.717) is 13.2 Å². The number of aromatic amines is 1. The fourth-order valence-corrected chi connectivity index (χ4v) is 0.821. The predicted molar refractivity (Wildman–Crippen MR) is 46.9 cm³/mol. The number of nitrogens with one attached hydrogen (secondary N) is 2. The smallest absolute Gasteiger partial charge is 0.246 e. The third-order valence-electron chi connectivity index (χ3n) is 1.48. The van der Waals surface area contributed by atoms with Crippen LogP contribution in [0.2, 0.25) is 0 Å². The van der Waals surface area contributed by atoms with Crippen LogP contribution in [0.3, 0.4) is 0 Å². The van der Waals surface area contributed by atoms with E-state index in [9.17, 15) is 4.79 Å². The summed E-state index contributed by atoms with van der Waals surface area (Å²) in [6.45, 7) is 3.01. The Morgan fingerprint density at radius 2 is 2.62 bits per heavy atom. The van der Waals surface area contributed by atoms with Crippen LogP contribution in [0.5, 0.6) is 0 Å². The van der Waals surface area contributed by atoms with Gasteiger partial charge in [0.2, 0.25) is 5.91 Å². The summed E-state index contributed by atoms with van der Waals surface area (Å²) in [5, 5.41) is 9.11. The predicted octanol–water partition coefficient (Wildman–Crippen LogP) is 0.0624. The minimum atomic E-state index is -0.108. The van der Waals surface area contributed by atoms with E-state index >= 15 is 0 Å². The van der Waals surface area contributed by atoms with Crippen molar-refractivity contribution in [2.24, 2.45) is 0 Å². The molecule has 0 atom stereocenters. The highest BCUT2D eigenvalue weighted by molar-refractivity contribution is 5.77. The molecule has 5 nitrogen and oxygen atoms in total. The molecule has 2 N–H and O–H groups in total. The average molecular weight is 183 g/mol. The van der Waals surface area contributed by atoms with Crippen molar-refractivity contribution in [1.82, 2.24) is 15.5 Å². The molecule has 72 valence electrons. The van der Waals surface area contributed by atoms with Gasteiger partial charge in [0.1, 0.15) is 6.61 Å². The highest BCUT2D eigenvalue weighted by Crippen LogP contribution is 1.91. The minimum Gasteiger partial charge on any atom is -0.372 e. The van der Waals surface area contributed by atoms with Crippen LogP contribution in [-0.4, -0.2) is 29.3 Å². The SMILES string of the molecule is CCOCC(=O)NCc1cn[nH]c1. The second kappa shape index (κ2) is 5.31. The molecule has 1 amide bonds. The summed E-state index contributed by atoms with van der Waals surface area (Å²) in [4.78, 5) is 11.0. The molecule has 13 heavy (non-hydrogen) atoms. The normalized spacial score (nSPS) is 9.92. The number of hydrogen-bond donors (Lipinski definition) is 2. The van der Waals surface area contributed by atoms with E-state index < -0.39 is 0 Å². The molecule has 0 aliphatic rings. The zero-order chi connectivity index (χ0) is 9.52. The molecule has 1 heterocycles. The van der Waals surface area contributed by atoms with E-state index in [1.54, 1.807) is 12.4 Å². The van der Waals surface area contributed by atoms with Crippen LogP contribution >= 0.6 is 0 Å². The number of H-pyrrole nitrogens is 1. The van der Waals surface area contributed by atoms with Crippen molar-refractivity contribution in [3.63, 3.8) is 0 Å². The van der Waals surface area contributed by atoms with Crippen molar-refractivity contribution in [2.75, 3.05) is 13.2 Å². The molecule has 1 rings (SSSR count). The van der Waals surface area contributed by atoms with Crippen molar-refractivity contribution >= 4 is 5.91 Å². The molecule has 0 radical (unpaired) electrons. The summed E-state index contributed by atoms with van der Waals surface area (Å²) < 4.78 is 4.93. The van der Waals surface area contributed by atoms with Gasteiger partial charge in [0, 0.05) is 24.9 Å². The zero-order valence-corrected chi connectivity index (χ0v) is 7.54. The minimum absolute atomic E-state index is 0.108. The van der Waals surface area contributed by atoms with E-state index in [0.717, 1.165) is 5.56 Å². The molecular weight excluding hydrogens is 170 g/mol. The van der Waals surface area contributed by atoms with Gasteiger partial charge in [0.05, 0.1) is 6.20 Å². The van der Waals surface area contributed by atoms with E-state index in [-0.39, 0.29) is 12.5 Å². The number of amides is 1. The summed E-state index contributed by atoms with van der Waals surface area (Å²) in [5.41, 5.74) is 0.949. The molecule has 0 unspecified atom stereocenters. The monoisotopic (exact) mass is 183 g/mol. The second-order valence-corrected chi connectivity index (χ2v) is 2.52. The standard InChI is InChI=1S/C8H13N3O2/c1-2-13-6-8(12)9-3-7-4-10-11-5-7/h4-5H,2-3,6H2,1H3,(H,9,12)(H,10,11). The number of nitrogens with zero attached hydrogens (tertiary/aromatic N) is 1. The summed E-state index contributed by atoms with van der Waals surface area (Å²) in [6, 6.07) is 0. The van der Waals surface area contributed by atoms with Crippen molar-refractivity contribution < 1.29 is 9.53 Å². The van der Waals surface area contributed by atoms with E-state index in [4.69, 9.17) is 4.74 Å². The summed E-state index contributed by atoms with van der Waals surface area (Å²) in [6.07, 6.45) is 3.40. The number of rotatable bonds is 5. The summed E-state index contributed by atoms with van der Waals surface area (Å²) in [5.74, 6) is -0.108. The summed E-state index contributed by atoms with van der Waals surface area (Å²) >= 11 is 0. The molecule has 0 aromatic carbocycles. The van der Waals surface area contributed by atoms with Crippen LogP contribution in [0.1, 0.15) is 12.5 Å². The van der Waals surface area contributed by atoms with Gasteiger partial charge in [0.15, 0.2) is 0 Å². The molecule has 0 fully saturated rings. The Balaban J connectivity index is 2.15. The Labute approximate surface area is 76.5 Å². The van der Waals surface area contributed by atoms with E-state index in [1.807, 2.05) is 6.92 Å². The topological polar surface area (TPSA) is 67.0 Å². The lowest BCUT2D eigenvalue weighted by atomic mass is 10.3. The molecule has 0 aliphatic carbocycles. The van der Waals surface area contributed by atoms with Crippen molar-refractivity contribution in [1.29, 1.82) is 0 Å². The molecule has 0 aliphatic heterocycles. The van der Waals surface area contributed by atoms with Crippen LogP contribution < -0.4 is 5.32 Å².